The Hall–Kier alpha value is -8.15. The Kier molecular flexibility index (Phi) is 8.61. The van der Waals surface area contributed by atoms with Crippen molar-refractivity contribution in [3.05, 3.63) is 212 Å². The number of aryl methyl sites for hydroxylation is 1. The summed E-state index contributed by atoms with van der Waals surface area (Å²) in [6, 6.07) is 57.0. The van der Waals surface area contributed by atoms with Gasteiger partial charge in [-0.3, -0.25) is 4.57 Å². The van der Waals surface area contributed by atoms with Crippen LogP contribution in [0, 0.1) is 0 Å². The first-order chi connectivity index (χ1) is 31.1. The minimum absolute atomic E-state index is 0.526. The minimum Gasteiger partial charge on any atom is -0.309 e. The van der Waals surface area contributed by atoms with Crippen LogP contribution in [0.25, 0.3) is 111 Å². The third-order valence-electron chi connectivity index (χ3n) is 12.7. The number of aromatic nitrogens is 5. The van der Waals surface area contributed by atoms with E-state index in [-0.39, 0.29) is 0 Å². The fourth-order valence-corrected chi connectivity index (χ4v) is 9.78. The van der Waals surface area contributed by atoms with Crippen molar-refractivity contribution in [1.82, 2.24) is 24.1 Å². The van der Waals surface area contributed by atoms with Gasteiger partial charge in [0.1, 0.15) is 0 Å². The topological polar surface area (TPSA) is 48.5 Å². The summed E-state index contributed by atoms with van der Waals surface area (Å²) in [7, 11) is 0. The Balaban J connectivity index is 1.06. The molecule has 5 nitrogen and oxygen atoms in total. The van der Waals surface area contributed by atoms with Crippen LogP contribution in [0.1, 0.15) is 30.3 Å². The molecule has 0 amide bonds. The van der Waals surface area contributed by atoms with Gasteiger partial charge in [-0.15, -0.1) is 0 Å². The molecule has 3 aromatic heterocycles. The van der Waals surface area contributed by atoms with Crippen LogP contribution in [0.5, 0.6) is 0 Å². The molecule has 0 radical (unpaired) electrons. The number of hydrogen-bond donors (Lipinski definition) is 0. The third kappa shape index (κ3) is 5.96. The molecule has 0 N–H and O–H groups in total. The van der Waals surface area contributed by atoms with Crippen molar-refractivity contribution in [3.8, 4) is 34.2 Å². The van der Waals surface area contributed by atoms with Crippen molar-refractivity contribution >= 4 is 76.8 Å². The Morgan fingerprint density at radius 3 is 1.86 bits per heavy atom. The largest absolute Gasteiger partial charge is 0.309 e. The molecule has 11 aromatic rings. The number of hydrogen-bond acceptors (Lipinski definition) is 3. The molecule has 0 saturated carbocycles. The molecule has 1 aliphatic carbocycles. The zero-order valence-corrected chi connectivity index (χ0v) is 34.8. The van der Waals surface area contributed by atoms with Gasteiger partial charge in [0.25, 0.3) is 0 Å². The lowest BCUT2D eigenvalue weighted by Gasteiger charge is -2.19. The van der Waals surface area contributed by atoms with Gasteiger partial charge in [-0.05, 0) is 100.0 Å². The zero-order chi connectivity index (χ0) is 42.0. The van der Waals surface area contributed by atoms with Crippen molar-refractivity contribution in [1.29, 1.82) is 0 Å². The van der Waals surface area contributed by atoms with Crippen LogP contribution < -0.4 is 0 Å². The fourth-order valence-electron chi connectivity index (χ4n) is 9.78. The highest BCUT2D eigenvalue weighted by atomic mass is 15.2. The zero-order valence-electron chi connectivity index (χ0n) is 34.8. The second-order valence-electron chi connectivity index (χ2n) is 16.3. The number of para-hydroxylation sites is 2. The fraction of sp³-hybridized carbons (Fsp3) is 0.0517. The summed E-state index contributed by atoms with van der Waals surface area (Å²) in [6.07, 6.45) is 14.7. The first-order valence-corrected chi connectivity index (χ1v) is 21.6. The summed E-state index contributed by atoms with van der Waals surface area (Å²) in [5, 5.41) is 9.99. The molecular formula is C58H41N5. The van der Waals surface area contributed by atoms with Crippen LogP contribution in [-0.2, 0) is 6.42 Å². The van der Waals surface area contributed by atoms with Gasteiger partial charge in [-0.2, -0.15) is 9.97 Å². The predicted octanol–water partition coefficient (Wildman–Crippen LogP) is 14.8. The summed E-state index contributed by atoms with van der Waals surface area (Å²) in [5.74, 6) is 1.66. The number of rotatable bonds is 7. The van der Waals surface area contributed by atoms with E-state index in [0.29, 0.717) is 23.2 Å². The quantitative estimate of drug-likeness (QED) is 0.119. The van der Waals surface area contributed by atoms with Gasteiger partial charge in [0.2, 0.25) is 5.95 Å². The molecule has 0 unspecified atom stereocenters. The summed E-state index contributed by atoms with van der Waals surface area (Å²) < 4.78 is 4.63. The van der Waals surface area contributed by atoms with Crippen molar-refractivity contribution in [2.45, 2.75) is 19.8 Å². The lowest BCUT2D eigenvalue weighted by Crippen LogP contribution is -2.07. The highest BCUT2D eigenvalue weighted by molar-refractivity contribution is 6.15. The molecule has 0 aliphatic heterocycles. The molecule has 0 bridgehead atoms. The van der Waals surface area contributed by atoms with E-state index in [9.17, 15) is 0 Å². The summed E-state index contributed by atoms with van der Waals surface area (Å²) in [4.78, 5) is 15.2. The highest BCUT2D eigenvalue weighted by Gasteiger charge is 2.21. The molecule has 0 spiro atoms. The Morgan fingerprint density at radius 1 is 0.524 bits per heavy atom. The van der Waals surface area contributed by atoms with Gasteiger partial charge < -0.3 is 4.57 Å². The van der Waals surface area contributed by atoms with Crippen molar-refractivity contribution < 1.29 is 0 Å². The normalized spacial score (nSPS) is 12.9. The van der Waals surface area contributed by atoms with Crippen LogP contribution in [0.15, 0.2) is 195 Å². The van der Waals surface area contributed by atoms with Crippen LogP contribution in [0.2, 0.25) is 0 Å². The maximum atomic E-state index is 5.16. The first kappa shape index (κ1) is 36.7. The van der Waals surface area contributed by atoms with Gasteiger partial charge in [0, 0.05) is 38.4 Å². The Bertz CT molecular complexity index is 3770. The van der Waals surface area contributed by atoms with E-state index in [1.54, 1.807) is 0 Å². The van der Waals surface area contributed by atoms with Crippen LogP contribution in [0.4, 0.5) is 0 Å². The van der Waals surface area contributed by atoms with Crippen molar-refractivity contribution in [2.75, 3.05) is 0 Å². The number of allylic oxidation sites excluding steroid dienone is 6. The van der Waals surface area contributed by atoms with E-state index in [2.05, 4.69) is 155 Å². The lowest BCUT2D eigenvalue weighted by molar-refractivity contribution is 0.933. The minimum atomic E-state index is 0.526. The van der Waals surface area contributed by atoms with Crippen LogP contribution >= 0.6 is 0 Å². The molecule has 1 aliphatic rings. The van der Waals surface area contributed by atoms with Crippen LogP contribution in [-0.4, -0.2) is 24.1 Å². The van der Waals surface area contributed by atoms with E-state index in [4.69, 9.17) is 15.0 Å². The first-order valence-electron chi connectivity index (χ1n) is 21.6. The molecule has 12 rings (SSSR count). The predicted molar refractivity (Wildman–Crippen MR) is 265 cm³/mol. The molecule has 63 heavy (non-hydrogen) atoms. The standard InChI is InChI=1S/C58H41N5/c1-3-4-6-17-37(2)56-59-57(38-18-7-5-8-19-38)61-58(60-56)63-53-27-16-14-25-48(53)50-32-29-40(35-55(50)63)39-28-31-49-47-24-13-15-26-52(47)62(54(49)34-39)41-30-33-46-44-22-10-9-20-42(44)43-21-11-12-23-45(43)51(46)36-41/h3-10,12-20,22-36H,2,11,21H2,1H3/b4-3-,17-6-. The van der Waals surface area contributed by atoms with E-state index in [1.165, 1.54) is 49.0 Å². The molecular weight excluding hydrogens is 767 g/mol. The van der Waals surface area contributed by atoms with Crippen molar-refractivity contribution in [2.24, 2.45) is 0 Å². The van der Waals surface area contributed by atoms with E-state index < -0.39 is 0 Å². The van der Waals surface area contributed by atoms with Gasteiger partial charge in [0.05, 0.1) is 22.1 Å². The molecule has 0 atom stereocenters. The van der Waals surface area contributed by atoms with E-state index >= 15 is 0 Å². The third-order valence-corrected chi connectivity index (χ3v) is 12.7. The van der Waals surface area contributed by atoms with Crippen molar-refractivity contribution in [3.63, 3.8) is 0 Å². The Labute approximate surface area is 364 Å². The second-order valence-corrected chi connectivity index (χ2v) is 16.3. The average molecular weight is 808 g/mol. The van der Waals surface area contributed by atoms with Crippen LogP contribution in [0.3, 0.4) is 0 Å². The molecule has 0 fully saturated rings. The molecule has 5 heteroatoms. The van der Waals surface area contributed by atoms with Gasteiger partial charge in [-0.25, -0.2) is 4.98 Å². The average Bonchev–Trinajstić information content (AvgIpc) is 3.86. The lowest BCUT2D eigenvalue weighted by atomic mass is 9.86. The Morgan fingerprint density at radius 2 is 1.13 bits per heavy atom. The smallest absolute Gasteiger partial charge is 0.238 e. The maximum absolute atomic E-state index is 5.16. The van der Waals surface area contributed by atoms with E-state index in [0.717, 1.165) is 62.5 Å². The molecule has 0 saturated heterocycles. The van der Waals surface area contributed by atoms with Gasteiger partial charge >= 0.3 is 0 Å². The maximum Gasteiger partial charge on any atom is 0.238 e. The molecule has 8 aromatic carbocycles. The molecule has 3 heterocycles. The molecule has 298 valence electrons. The summed E-state index contributed by atoms with van der Waals surface area (Å²) in [6.45, 7) is 6.35. The highest BCUT2D eigenvalue weighted by Crippen LogP contribution is 2.41. The second kappa shape index (κ2) is 14.8. The number of fused-ring (bicyclic) bond motifs is 12. The number of benzene rings is 8. The van der Waals surface area contributed by atoms with Gasteiger partial charge in [-0.1, -0.05) is 164 Å². The summed E-state index contributed by atoms with van der Waals surface area (Å²) in [5.41, 5.74) is 12.2. The number of nitrogens with zero attached hydrogens (tertiary/aromatic N) is 5. The van der Waals surface area contributed by atoms with Gasteiger partial charge in [0.15, 0.2) is 11.6 Å². The monoisotopic (exact) mass is 807 g/mol. The summed E-state index contributed by atoms with van der Waals surface area (Å²) >= 11 is 0. The SMILES string of the molecule is C=C(/C=C\C=C/C)c1nc(-c2ccccc2)nc(-n2c3ccccc3c3ccc(-c4ccc5c6ccccc6n(-c6ccc7c(c6)c6c(c8ccccc87)CCC=C6)c5c4)cc32)n1. The van der Waals surface area contributed by atoms with E-state index in [1.807, 2.05) is 61.6 Å².